The molecule has 2 aromatic heterocycles. The number of nitrogens with one attached hydrogen (secondary N) is 1. The van der Waals surface area contributed by atoms with Crippen molar-refractivity contribution in [2.45, 2.75) is 31.8 Å². The molecule has 3 nitrogen and oxygen atoms in total. The van der Waals surface area contributed by atoms with Gasteiger partial charge in [0.2, 0.25) is 0 Å². The third-order valence-corrected chi connectivity index (χ3v) is 5.23. The first-order chi connectivity index (χ1) is 9.83. The van der Waals surface area contributed by atoms with Crippen LogP contribution < -0.4 is 5.32 Å². The summed E-state index contributed by atoms with van der Waals surface area (Å²) < 4.78 is 0. The van der Waals surface area contributed by atoms with Crippen LogP contribution in [0.4, 0.5) is 4.79 Å². The number of hydrogen-bond donors (Lipinski definition) is 1. The Morgan fingerprint density at radius 2 is 1.90 bits per heavy atom. The topological polar surface area (TPSA) is 32.3 Å². The summed E-state index contributed by atoms with van der Waals surface area (Å²) in [5, 5.41) is 7.17. The molecule has 1 saturated carbocycles. The van der Waals surface area contributed by atoms with Crippen LogP contribution in [0, 0.1) is 0 Å². The number of amides is 2. The number of carbonyl (C=O) groups excluding carboxylic acids is 1. The molecule has 20 heavy (non-hydrogen) atoms. The van der Waals surface area contributed by atoms with Gasteiger partial charge in [0.15, 0.2) is 0 Å². The van der Waals surface area contributed by atoms with Crippen LogP contribution in [0.3, 0.4) is 0 Å². The van der Waals surface area contributed by atoms with Crippen molar-refractivity contribution in [3.05, 3.63) is 44.8 Å². The molecule has 1 fully saturated rings. The van der Waals surface area contributed by atoms with Gasteiger partial charge in [-0.2, -0.15) is 0 Å². The second-order valence-corrected chi connectivity index (χ2v) is 7.06. The van der Waals surface area contributed by atoms with Gasteiger partial charge >= 0.3 is 6.03 Å². The Hall–Kier alpha value is -1.33. The predicted octanol–water partition coefficient (Wildman–Crippen LogP) is 3.73. The lowest BCUT2D eigenvalue weighted by molar-refractivity contribution is 0.195. The van der Waals surface area contributed by atoms with Crippen LogP contribution in [0.15, 0.2) is 35.0 Å². The summed E-state index contributed by atoms with van der Waals surface area (Å²) in [5.74, 6) is 0. The number of nitrogens with zero attached hydrogens (tertiary/aromatic N) is 1. The van der Waals surface area contributed by atoms with E-state index in [-0.39, 0.29) is 6.03 Å². The number of urea groups is 1. The Labute approximate surface area is 127 Å². The highest BCUT2D eigenvalue weighted by molar-refractivity contribution is 7.10. The summed E-state index contributed by atoms with van der Waals surface area (Å²) in [4.78, 5) is 16.9. The number of rotatable bonds is 6. The van der Waals surface area contributed by atoms with Crippen LogP contribution in [0.1, 0.15) is 22.6 Å². The summed E-state index contributed by atoms with van der Waals surface area (Å²) in [6.07, 6.45) is 3.26. The third-order valence-electron chi connectivity index (χ3n) is 3.42. The molecule has 106 valence electrons. The average molecular weight is 306 g/mol. The minimum Gasteiger partial charge on any atom is -0.333 e. The Balaban J connectivity index is 1.51. The molecule has 0 unspecified atom stereocenters. The van der Waals surface area contributed by atoms with Crippen molar-refractivity contribution in [1.29, 1.82) is 0 Å². The van der Waals surface area contributed by atoms with Crippen LogP contribution in [0.5, 0.6) is 0 Å². The fourth-order valence-electron chi connectivity index (χ4n) is 2.20. The summed E-state index contributed by atoms with van der Waals surface area (Å²) in [6.45, 7) is 1.46. The highest BCUT2D eigenvalue weighted by Crippen LogP contribution is 2.27. The van der Waals surface area contributed by atoms with Crippen LogP contribution in [-0.2, 0) is 13.0 Å². The molecule has 2 aromatic rings. The number of hydrogen-bond acceptors (Lipinski definition) is 3. The van der Waals surface area contributed by atoms with Gasteiger partial charge in [-0.3, -0.25) is 0 Å². The van der Waals surface area contributed by atoms with E-state index in [0.29, 0.717) is 12.6 Å². The maximum absolute atomic E-state index is 12.3. The molecule has 2 amide bonds. The second kappa shape index (κ2) is 6.41. The lowest BCUT2D eigenvalue weighted by Gasteiger charge is -2.22. The van der Waals surface area contributed by atoms with Crippen molar-refractivity contribution < 1.29 is 4.79 Å². The summed E-state index contributed by atoms with van der Waals surface area (Å²) >= 11 is 3.44. The van der Waals surface area contributed by atoms with Crippen LogP contribution in [-0.4, -0.2) is 23.5 Å². The highest BCUT2D eigenvalue weighted by Gasteiger charge is 2.32. The number of carbonyl (C=O) groups is 1. The lowest BCUT2D eigenvalue weighted by Crippen LogP contribution is -2.42. The highest BCUT2D eigenvalue weighted by atomic mass is 32.1. The zero-order valence-corrected chi connectivity index (χ0v) is 12.9. The molecule has 0 spiro atoms. The molecule has 5 heteroatoms. The van der Waals surface area contributed by atoms with Crippen molar-refractivity contribution in [2.75, 3.05) is 6.54 Å². The van der Waals surface area contributed by atoms with Crippen LogP contribution >= 0.6 is 22.7 Å². The van der Waals surface area contributed by atoms with Gasteiger partial charge in [0, 0.05) is 22.3 Å². The second-order valence-electron chi connectivity index (χ2n) is 4.99. The SMILES string of the molecule is O=C(NCc1cccs1)N(CCc1cccs1)C1CC1. The van der Waals surface area contributed by atoms with Crippen molar-refractivity contribution >= 4 is 28.7 Å². The van der Waals surface area contributed by atoms with E-state index in [9.17, 15) is 4.79 Å². The number of thiophene rings is 2. The summed E-state index contributed by atoms with van der Waals surface area (Å²) in [7, 11) is 0. The van der Waals surface area contributed by atoms with Crippen molar-refractivity contribution in [3.8, 4) is 0 Å². The van der Waals surface area contributed by atoms with E-state index >= 15 is 0 Å². The van der Waals surface area contributed by atoms with Gasteiger partial charge < -0.3 is 10.2 Å². The third kappa shape index (κ3) is 3.61. The molecular weight excluding hydrogens is 288 g/mol. The maximum Gasteiger partial charge on any atom is 0.317 e. The first-order valence-corrected chi connectivity index (χ1v) is 8.68. The average Bonchev–Trinajstić information content (AvgIpc) is 2.95. The summed E-state index contributed by atoms with van der Waals surface area (Å²) in [5.41, 5.74) is 0. The predicted molar refractivity (Wildman–Crippen MR) is 84.3 cm³/mol. The monoisotopic (exact) mass is 306 g/mol. The maximum atomic E-state index is 12.3. The van der Waals surface area contributed by atoms with E-state index in [2.05, 4.69) is 28.9 Å². The molecular formula is C15H18N2OS2. The zero-order chi connectivity index (χ0) is 13.8. The molecule has 0 aromatic carbocycles. The summed E-state index contributed by atoms with van der Waals surface area (Å²) in [6, 6.07) is 8.81. The van der Waals surface area contributed by atoms with Gasteiger partial charge in [0.1, 0.15) is 0 Å². The van der Waals surface area contributed by atoms with E-state index in [0.717, 1.165) is 25.8 Å². The van der Waals surface area contributed by atoms with Gasteiger partial charge in [-0.1, -0.05) is 12.1 Å². The minimum absolute atomic E-state index is 0.0810. The fraction of sp³-hybridized carbons (Fsp3) is 0.400. The van der Waals surface area contributed by atoms with Crippen molar-refractivity contribution in [1.82, 2.24) is 10.2 Å². The van der Waals surface area contributed by atoms with E-state index in [1.807, 2.05) is 16.3 Å². The van der Waals surface area contributed by atoms with Crippen LogP contribution in [0.2, 0.25) is 0 Å². The molecule has 3 rings (SSSR count). The standard InChI is InChI=1S/C15H18N2OS2/c18-15(16-11-14-4-2-10-20-14)17(12-5-6-12)8-7-13-3-1-9-19-13/h1-4,9-10,12H,5-8,11H2,(H,16,18). The van der Waals surface area contributed by atoms with Crippen molar-refractivity contribution in [2.24, 2.45) is 0 Å². The molecule has 1 N–H and O–H groups in total. The molecule has 2 heterocycles. The smallest absolute Gasteiger partial charge is 0.317 e. The molecule has 0 bridgehead atoms. The Morgan fingerprint density at radius 1 is 1.20 bits per heavy atom. The fourth-order valence-corrected chi connectivity index (χ4v) is 3.54. The van der Waals surface area contributed by atoms with Crippen molar-refractivity contribution in [3.63, 3.8) is 0 Å². The first-order valence-electron chi connectivity index (χ1n) is 6.92. The van der Waals surface area contributed by atoms with Gasteiger partial charge in [0.05, 0.1) is 6.54 Å². The lowest BCUT2D eigenvalue weighted by atomic mass is 10.3. The first kappa shape index (κ1) is 13.6. The van der Waals surface area contributed by atoms with E-state index in [4.69, 9.17) is 0 Å². The van der Waals surface area contributed by atoms with Gasteiger partial charge in [0.25, 0.3) is 0 Å². The zero-order valence-electron chi connectivity index (χ0n) is 11.2. The normalized spacial score (nSPS) is 14.2. The molecule has 0 saturated heterocycles. The quantitative estimate of drug-likeness (QED) is 0.866. The van der Waals surface area contributed by atoms with Gasteiger partial charge in [-0.05, 0) is 42.2 Å². The Kier molecular flexibility index (Phi) is 4.38. The van der Waals surface area contributed by atoms with Gasteiger partial charge in [-0.25, -0.2) is 4.79 Å². The van der Waals surface area contributed by atoms with E-state index in [1.165, 1.54) is 9.75 Å². The van der Waals surface area contributed by atoms with Crippen LogP contribution in [0.25, 0.3) is 0 Å². The Bertz CT molecular complexity index is 532. The van der Waals surface area contributed by atoms with E-state index < -0.39 is 0 Å². The molecule has 0 radical (unpaired) electrons. The van der Waals surface area contributed by atoms with E-state index in [1.54, 1.807) is 22.7 Å². The molecule has 1 aliphatic rings. The Morgan fingerprint density at radius 3 is 2.50 bits per heavy atom. The molecule has 1 aliphatic carbocycles. The van der Waals surface area contributed by atoms with Gasteiger partial charge in [-0.15, -0.1) is 22.7 Å². The largest absolute Gasteiger partial charge is 0.333 e. The molecule has 0 atom stereocenters. The molecule has 0 aliphatic heterocycles. The minimum atomic E-state index is 0.0810.